The van der Waals surface area contributed by atoms with Gasteiger partial charge in [-0.25, -0.2) is 15.0 Å². The van der Waals surface area contributed by atoms with Crippen molar-refractivity contribution >= 4 is 51.8 Å². The van der Waals surface area contributed by atoms with Crippen molar-refractivity contribution < 1.29 is 4.79 Å². The Morgan fingerprint density at radius 3 is 2.35 bits per heavy atom. The number of benzene rings is 1. The standard InChI is InChI=1S/C26H29Cl2N7O.2C2H6/c1-4-18(11-10-17(3)27)35-22(19-8-6-7-9-20(19)28)33-21-23(30-16-31-24(21)35)34-14-12-26(13-15-34,25(29)36)32-5-2;2*1-2/h4,6-11,16,32H,3,5,12-15H2,1-2H3,(H2,29,36);2*1-2H3/b11-10-,18-4+;;. The van der Waals surface area contributed by atoms with Crippen LogP contribution in [-0.4, -0.2) is 50.6 Å². The number of fused-ring (bicyclic) bond motifs is 1. The summed E-state index contributed by atoms with van der Waals surface area (Å²) in [6.45, 7) is 17.5. The highest BCUT2D eigenvalue weighted by molar-refractivity contribution is 6.33. The first-order chi connectivity index (χ1) is 19.3. The molecule has 8 nitrogen and oxygen atoms in total. The molecule has 2 aromatic heterocycles. The van der Waals surface area contributed by atoms with Gasteiger partial charge in [0.05, 0.1) is 5.02 Å². The van der Waals surface area contributed by atoms with E-state index < -0.39 is 5.54 Å². The highest BCUT2D eigenvalue weighted by atomic mass is 35.5. The third-order valence-corrected chi connectivity index (χ3v) is 6.89. The molecule has 1 saturated heterocycles. The molecule has 216 valence electrons. The van der Waals surface area contributed by atoms with Crippen molar-refractivity contribution in [2.75, 3.05) is 24.5 Å². The van der Waals surface area contributed by atoms with Crippen LogP contribution in [0.2, 0.25) is 5.02 Å². The molecule has 40 heavy (non-hydrogen) atoms. The van der Waals surface area contributed by atoms with Crippen molar-refractivity contribution in [1.82, 2.24) is 24.8 Å². The second-order valence-corrected chi connectivity index (χ2v) is 9.47. The maximum Gasteiger partial charge on any atom is 0.237 e. The number of imidazole rings is 1. The van der Waals surface area contributed by atoms with Gasteiger partial charge < -0.3 is 16.0 Å². The quantitative estimate of drug-likeness (QED) is 0.282. The minimum Gasteiger partial charge on any atom is -0.368 e. The molecule has 1 aliphatic rings. The molecule has 10 heteroatoms. The van der Waals surface area contributed by atoms with Gasteiger partial charge in [0, 0.05) is 29.4 Å². The molecule has 1 aromatic carbocycles. The van der Waals surface area contributed by atoms with Gasteiger partial charge >= 0.3 is 0 Å². The fourth-order valence-electron chi connectivity index (χ4n) is 4.60. The average Bonchev–Trinajstić information content (AvgIpc) is 3.35. The van der Waals surface area contributed by atoms with E-state index in [1.54, 1.807) is 6.08 Å². The van der Waals surface area contributed by atoms with E-state index >= 15 is 0 Å². The van der Waals surface area contributed by atoms with E-state index in [2.05, 4.69) is 26.8 Å². The lowest BCUT2D eigenvalue weighted by molar-refractivity contribution is -0.125. The second-order valence-electron chi connectivity index (χ2n) is 8.58. The zero-order valence-electron chi connectivity index (χ0n) is 24.3. The number of aromatic nitrogens is 4. The summed E-state index contributed by atoms with van der Waals surface area (Å²) < 4.78 is 1.94. The summed E-state index contributed by atoms with van der Waals surface area (Å²) in [6, 6.07) is 7.54. The van der Waals surface area contributed by atoms with Gasteiger partial charge in [-0.2, -0.15) is 0 Å². The summed E-state index contributed by atoms with van der Waals surface area (Å²) in [5.41, 5.74) is 7.88. The number of nitrogens with zero attached hydrogens (tertiary/aromatic N) is 5. The number of anilines is 1. The Kier molecular flexibility index (Phi) is 12.8. The van der Waals surface area contributed by atoms with Crippen LogP contribution in [0.15, 0.2) is 60.4 Å². The summed E-state index contributed by atoms with van der Waals surface area (Å²) in [6.07, 6.45) is 8.19. The van der Waals surface area contributed by atoms with E-state index in [1.807, 2.05) is 82.5 Å². The number of piperidine rings is 1. The van der Waals surface area contributed by atoms with Crippen LogP contribution < -0.4 is 16.0 Å². The van der Waals surface area contributed by atoms with Crippen LogP contribution in [0, 0.1) is 0 Å². The van der Waals surface area contributed by atoms with Gasteiger partial charge in [-0.1, -0.05) is 82.6 Å². The molecule has 1 amide bonds. The van der Waals surface area contributed by atoms with Crippen molar-refractivity contribution in [2.24, 2.45) is 5.73 Å². The van der Waals surface area contributed by atoms with Crippen LogP contribution in [0.4, 0.5) is 5.82 Å². The molecule has 0 spiro atoms. The maximum atomic E-state index is 12.2. The number of nitrogens with two attached hydrogens (primary N) is 1. The lowest BCUT2D eigenvalue weighted by Gasteiger charge is -2.40. The Morgan fingerprint density at radius 1 is 1.15 bits per heavy atom. The third-order valence-electron chi connectivity index (χ3n) is 6.43. The minimum atomic E-state index is -0.716. The van der Waals surface area contributed by atoms with Gasteiger partial charge in [0.1, 0.15) is 17.7 Å². The molecule has 0 atom stereocenters. The van der Waals surface area contributed by atoms with Gasteiger partial charge in [0.15, 0.2) is 17.0 Å². The smallest absolute Gasteiger partial charge is 0.237 e. The number of hydrogen-bond acceptors (Lipinski definition) is 6. The summed E-state index contributed by atoms with van der Waals surface area (Å²) in [5, 5.41) is 4.26. The van der Waals surface area contributed by atoms with E-state index in [0.717, 1.165) is 11.3 Å². The van der Waals surface area contributed by atoms with Gasteiger partial charge in [0.2, 0.25) is 5.91 Å². The van der Waals surface area contributed by atoms with E-state index in [-0.39, 0.29) is 5.91 Å². The Morgan fingerprint density at radius 2 is 1.80 bits per heavy atom. The summed E-state index contributed by atoms with van der Waals surface area (Å²) in [4.78, 5) is 28.6. The first-order valence-corrected chi connectivity index (χ1v) is 14.5. The molecule has 0 radical (unpaired) electrons. The summed E-state index contributed by atoms with van der Waals surface area (Å²) >= 11 is 12.6. The van der Waals surface area contributed by atoms with Crippen LogP contribution in [-0.2, 0) is 4.79 Å². The van der Waals surface area contributed by atoms with Gasteiger partial charge in [-0.3, -0.25) is 9.36 Å². The number of amides is 1. The van der Waals surface area contributed by atoms with Crippen molar-refractivity contribution in [3.05, 3.63) is 65.5 Å². The molecule has 4 rings (SSSR count). The van der Waals surface area contributed by atoms with Crippen LogP contribution in [0.3, 0.4) is 0 Å². The third kappa shape index (κ3) is 7.11. The zero-order valence-corrected chi connectivity index (χ0v) is 25.9. The molecule has 0 saturated carbocycles. The second kappa shape index (κ2) is 15.6. The average molecular weight is 587 g/mol. The summed E-state index contributed by atoms with van der Waals surface area (Å²) in [5.74, 6) is 1.00. The fourth-order valence-corrected chi connectivity index (χ4v) is 4.89. The molecule has 1 aliphatic heterocycles. The lowest BCUT2D eigenvalue weighted by Crippen LogP contribution is -2.61. The number of allylic oxidation sites excluding steroid dienone is 5. The summed E-state index contributed by atoms with van der Waals surface area (Å²) in [7, 11) is 0. The fraction of sp³-hybridized carbons (Fsp3) is 0.400. The van der Waals surface area contributed by atoms with E-state index in [4.69, 9.17) is 33.9 Å². The number of rotatable bonds is 8. The normalized spacial score (nSPS) is 14.8. The first kappa shape index (κ1) is 33.0. The number of carbonyl (C=O) groups excluding carboxylic acids is 1. The largest absolute Gasteiger partial charge is 0.368 e. The van der Waals surface area contributed by atoms with Crippen LogP contribution in [0.5, 0.6) is 0 Å². The number of hydrogen-bond donors (Lipinski definition) is 2. The number of primary amides is 1. The predicted molar refractivity (Wildman–Crippen MR) is 170 cm³/mol. The SMILES string of the molecule is C=C(Cl)/C=C\C(=C/C)n1c(-c2ccccc2Cl)nc2c(N3CCC(NCC)(C(N)=O)CC3)ncnc21.CC.CC. The van der Waals surface area contributed by atoms with Crippen LogP contribution in [0.1, 0.15) is 54.4 Å². The number of halogens is 2. The molecule has 0 unspecified atom stereocenters. The number of nitrogens with one attached hydrogen (secondary N) is 1. The highest BCUT2D eigenvalue weighted by Gasteiger charge is 2.40. The Bertz CT molecular complexity index is 1360. The van der Waals surface area contributed by atoms with Crippen molar-refractivity contribution in [3.8, 4) is 11.4 Å². The zero-order chi connectivity index (χ0) is 29.9. The van der Waals surface area contributed by atoms with E-state index in [1.165, 1.54) is 6.33 Å². The topological polar surface area (TPSA) is 102 Å². The molecule has 1 fully saturated rings. The molecule has 0 aliphatic carbocycles. The highest BCUT2D eigenvalue weighted by Crippen LogP contribution is 2.36. The molecule has 3 heterocycles. The predicted octanol–water partition coefficient (Wildman–Crippen LogP) is 6.80. The van der Waals surface area contributed by atoms with Crippen molar-refractivity contribution in [3.63, 3.8) is 0 Å². The monoisotopic (exact) mass is 585 g/mol. The van der Waals surface area contributed by atoms with Crippen molar-refractivity contribution in [1.29, 1.82) is 0 Å². The lowest BCUT2D eigenvalue weighted by atomic mass is 9.86. The Balaban J connectivity index is 0.00000134. The van der Waals surface area contributed by atoms with E-state index in [0.29, 0.717) is 65.3 Å². The minimum absolute atomic E-state index is 0.326. The molecule has 3 aromatic rings. The van der Waals surface area contributed by atoms with Crippen LogP contribution in [0.25, 0.3) is 28.2 Å². The van der Waals surface area contributed by atoms with Gasteiger partial charge in [-0.15, -0.1) is 0 Å². The Labute approximate surface area is 248 Å². The number of carbonyl (C=O) groups is 1. The molecular weight excluding hydrogens is 545 g/mol. The van der Waals surface area contributed by atoms with Crippen molar-refractivity contribution in [2.45, 2.75) is 59.9 Å². The van der Waals surface area contributed by atoms with E-state index in [9.17, 15) is 4.79 Å². The molecule has 0 bridgehead atoms. The molecule has 3 N–H and O–H groups in total. The van der Waals surface area contributed by atoms with Gasteiger partial charge in [0.25, 0.3) is 0 Å². The number of likely N-dealkylation sites (N-methyl/N-ethyl adjacent to an activating group) is 1. The van der Waals surface area contributed by atoms with Crippen LogP contribution >= 0.6 is 23.2 Å². The molecular formula is C30H41Cl2N7O. The maximum absolute atomic E-state index is 12.2. The first-order valence-electron chi connectivity index (χ1n) is 13.8. The Hall–Kier alpha value is -3.20. The van der Waals surface area contributed by atoms with Gasteiger partial charge in [-0.05, 0) is 50.6 Å².